The van der Waals surface area contributed by atoms with Gasteiger partial charge in [0.1, 0.15) is 13.2 Å². The molecule has 0 aliphatic rings. The van der Waals surface area contributed by atoms with E-state index in [0.717, 1.165) is 128 Å². The number of hydrogen-bond acceptors (Lipinski definition) is 6. The Morgan fingerprint density at radius 3 is 1.14 bits per heavy atom. The van der Waals surface area contributed by atoms with Crippen LogP contribution in [0.2, 0.25) is 0 Å². The normalized spacial score (nSPS) is 13.3. The van der Waals surface area contributed by atoms with Gasteiger partial charge in [-0.15, -0.1) is 0 Å². The summed E-state index contributed by atoms with van der Waals surface area (Å²) in [6.45, 7) is 6.24. The summed E-state index contributed by atoms with van der Waals surface area (Å²) >= 11 is 0. The van der Waals surface area contributed by atoms with Gasteiger partial charge in [0.05, 0.1) is 0 Å². The molecule has 0 saturated heterocycles. The molecule has 0 spiro atoms. The number of hydrogen-bond donors (Lipinski definition) is 0. The van der Waals surface area contributed by atoms with Gasteiger partial charge in [0.15, 0.2) is 6.10 Å². The average Bonchev–Trinajstić information content (AvgIpc) is 3.31. The number of esters is 3. The van der Waals surface area contributed by atoms with Crippen LogP contribution in [0, 0.1) is 0 Å². The molecule has 66 heavy (non-hydrogen) atoms. The van der Waals surface area contributed by atoms with Crippen LogP contribution < -0.4 is 0 Å². The highest BCUT2D eigenvalue weighted by atomic mass is 16.6. The van der Waals surface area contributed by atoms with Crippen molar-refractivity contribution in [3.05, 3.63) is 146 Å². The molecule has 0 aromatic heterocycles. The van der Waals surface area contributed by atoms with Gasteiger partial charge in [0, 0.05) is 19.3 Å². The second-order valence-electron chi connectivity index (χ2n) is 16.5. The minimum atomic E-state index is -0.833. The fourth-order valence-electron chi connectivity index (χ4n) is 6.37. The van der Waals surface area contributed by atoms with Crippen LogP contribution in [0.25, 0.3) is 0 Å². The monoisotopic (exact) mass is 909 g/mol. The van der Waals surface area contributed by atoms with Gasteiger partial charge >= 0.3 is 17.9 Å². The first-order valence-electron chi connectivity index (χ1n) is 25.9. The number of carbonyl (C=O) groups excluding carboxylic acids is 3. The Labute approximate surface area is 404 Å². The van der Waals surface area contributed by atoms with Crippen molar-refractivity contribution in [3.63, 3.8) is 0 Å². The molecule has 0 bridgehead atoms. The standard InChI is InChI=1S/C60H92O6/c1-4-7-10-13-16-19-22-25-27-29-31-32-35-38-41-44-47-50-53-59(62)65-56-57(55-64-58(61)52-49-46-43-40-37-34-24-21-18-15-12-9-6-3)66-60(63)54-51-48-45-42-39-36-33-30-28-26-23-20-17-14-11-8-5-2/h8-9,11-12,15-22,24-29,31-33,36,42,45,57H,4-7,10,13-14,23,30,34-35,37-41,43-44,46-56H2,1-3H3/b11-8+,12-9+,18-15+,19-16+,20-17+,24-21+,25-22+,28-26+,29-27+,32-31+,36-33+,45-42+. The lowest BCUT2D eigenvalue weighted by molar-refractivity contribution is -0.167. The van der Waals surface area contributed by atoms with Gasteiger partial charge in [-0.1, -0.05) is 218 Å². The summed E-state index contributed by atoms with van der Waals surface area (Å²) < 4.78 is 16.7. The zero-order valence-electron chi connectivity index (χ0n) is 41.9. The maximum atomic E-state index is 12.8. The van der Waals surface area contributed by atoms with Crippen LogP contribution >= 0.6 is 0 Å². The molecule has 1 unspecified atom stereocenters. The smallest absolute Gasteiger partial charge is 0.306 e. The van der Waals surface area contributed by atoms with Crippen molar-refractivity contribution < 1.29 is 28.6 Å². The molecule has 0 radical (unpaired) electrons. The van der Waals surface area contributed by atoms with Crippen LogP contribution in [0.15, 0.2) is 146 Å². The first kappa shape index (κ1) is 61.3. The third kappa shape index (κ3) is 50.3. The molecular weight excluding hydrogens is 817 g/mol. The van der Waals surface area contributed by atoms with E-state index >= 15 is 0 Å². The maximum absolute atomic E-state index is 12.8. The van der Waals surface area contributed by atoms with Crippen molar-refractivity contribution >= 4 is 17.9 Å². The quantitative estimate of drug-likeness (QED) is 0.0199. The Kier molecular flexibility index (Phi) is 49.1. The van der Waals surface area contributed by atoms with Gasteiger partial charge in [0.2, 0.25) is 0 Å². The summed E-state index contributed by atoms with van der Waals surface area (Å²) in [4.78, 5) is 38.0. The Hall–Kier alpha value is -4.71. The van der Waals surface area contributed by atoms with Gasteiger partial charge in [0.25, 0.3) is 0 Å². The molecule has 6 heteroatoms. The summed E-state index contributed by atoms with van der Waals surface area (Å²) in [7, 11) is 0. The van der Waals surface area contributed by atoms with Crippen molar-refractivity contribution in [2.24, 2.45) is 0 Å². The molecule has 6 nitrogen and oxygen atoms in total. The van der Waals surface area contributed by atoms with Crippen molar-refractivity contribution in [2.45, 2.75) is 200 Å². The summed E-state index contributed by atoms with van der Waals surface area (Å²) in [6, 6.07) is 0. The number of rotatable bonds is 44. The van der Waals surface area contributed by atoms with E-state index in [9.17, 15) is 14.4 Å². The predicted octanol–water partition coefficient (Wildman–Crippen LogP) is 17.3. The van der Waals surface area contributed by atoms with E-state index in [4.69, 9.17) is 14.2 Å². The van der Waals surface area contributed by atoms with Crippen LogP contribution in [0.5, 0.6) is 0 Å². The van der Waals surface area contributed by atoms with E-state index in [2.05, 4.69) is 161 Å². The summed E-state index contributed by atoms with van der Waals surface area (Å²) in [5.41, 5.74) is 0. The Balaban J connectivity index is 4.59. The van der Waals surface area contributed by atoms with Crippen molar-refractivity contribution in [2.75, 3.05) is 13.2 Å². The molecule has 0 fully saturated rings. The zero-order chi connectivity index (χ0) is 47.9. The second kappa shape index (κ2) is 52.9. The molecule has 0 aliphatic carbocycles. The van der Waals surface area contributed by atoms with Crippen LogP contribution in [-0.4, -0.2) is 37.2 Å². The lowest BCUT2D eigenvalue weighted by Crippen LogP contribution is -2.30. The fourth-order valence-corrected chi connectivity index (χ4v) is 6.37. The number of unbranched alkanes of at least 4 members (excludes halogenated alkanes) is 14. The molecule has 0 heterocycles. The number of allylic oxidation sites excluding steroid dienone is 24. The van der Waals surface area contributed by atoms with Gasteiger partial charge in [-0.05, 0) is 103 Å². The molecule has 0 aliphatic heterocycles. The van der Waals surface area contributed by atoms with Gasteiger partial charge in [-0.3, -0.25) is 14.4 Å². The lowest BCUT2D eigenvalue weighted by Gasteiger charge is -2.18. The molecule has 0 aromatic rings. The molecule has 0 aromatic carbocycles. The van der Waals surface area contributed by atoms with Gasteiger partial charge in [-0.25, -0.2) is 0 Å². The summed E-state index contributed by atoms with van der Waals surface area (Å²) in [6.07, 6.45) is 75.4. The fraction of sp³-hybridized carbons (Fsp3) is 0.550. The lowest BCUT2D eigenvalue weighted by atomic mass is 10.1. The minimum absolute atomic E-state index is 0.126. The molecule has 368 valence electrons. The van der Waals surface area contributed by atoms with E-state index in [0.29, 0.717) is 19.3 Å². The molecular formula is C60H92O6. The average molecular weight is 909 g/mol. The van der Waals surface area contributed by atoms with Crippen LogP contribution in [0.4, 0.5) is 0 Å². The van der Waals surface area contributed by atoms with Crippen molar-refractivity contribution in [1.29, 1.82) is 0 Å². The van der Waals surface area contributed by atoms with E-state index in [1.165, 1.54) is 19.3 Å². The Bertz CT molecular complexity index is 1510. The van der Waals surface area contributed by atoms with E-state index in [1.807, 2.05) is 6.08 Å². The number of carbonyl (C=O) groups is 3. The predicted molar refractivity (Wildman–Crippen MR) is 283 cm³/mol. The van der Waals surface area contributed by atoms with Crippen LogP contribution in [0.3, 0.4) is 0 Å². The molecule has 0 N–H and O–H groups in total. The first-order valence-corrected chi connectivity index (χ1v) is 25.9. The SMILES string of the molecule is CC/C=C/C=C/C=C/CCCCCCCC(=O)OCC(COC(=O)CCCCCCC/C=C/C=C/C=C/C=C/CCCCC)OC(=O)CCC/C=C/C/C=C/C/C=C/C/C=C/C/C=C/CC. The third-order valence-corrected chi connectivity index (χ3v) is 10.2. The van der Waals surface area contributed by atoms with E-state index in [-0.39, 0.29) is 37.5 Å². The molecule has 0 saturated carbocycles. The Morgan fingerprint density at radius 2 is 0.682 bits per heavy atom. The largest absolute Gasteiger partial charge is 0.462 e. The first-order chi connectivity index (χ1) is 32.5. The van der Waals surface area contributed by atoms with Gasteiger partial charge in [-0.2, -0.15) is 0 Å². The Morgan fingerprint density at radius 1 is 0.333 bits per heavy atom. The molecule has 1 atom stereocenters. The highest BCUT2D eigenvalue weighted by Crippen LogP contribution is 2.12. The highest BCUT2D eigenvalue weighted by Gasteiger charge is 2.19. The van der Waals surface area contributed by atoms with Crippen molar-refractivity contribution in [3.8, 4) is 0 Å². The van der Waals surface area contributed by atoms with Crippen LogP contribution in [0.1, 0.15) is 194 Å². The maximum Gasteiger partial charge on any atom is 0.306 e. The van der Waals surface area contributed by atoms with Crippen molar-refractivity contribution in [1.82, 2.24) is 0 Å². The van der Waals surface area contributed by atoms with Gasteiger partial charge < -0.3 is 14.2 Å². The topological polar surface area (TPSA) is 78.9 Å². The van der Waals surface area contributed by atoms with E-state index < -0.39 is 6.10 Å². The summed E-state index contributed by atoms with van der Waals surface area (Å²) in [5.74, 6) is -1.04. The molecule has 0 amide bonds. The zero-order valence-corrected chi connectivity index (χ0v) is 41.9. The van der Waals surface area contributed by atoms with E-state index in [1.54, 1.807) is 0 Å². The highest BCUT2D eigenvalue weighted by molar-refractivity contribution is 5.71. The summed E-state index contributed by atoms with van der Waals surface area (Å²) in [5, 5.41) is 0. The van der Waals surface area contributed by atoms with Crippen LogP contribution in [-0.2, 0) is 28.6 Å². The number of ether oxygens (including phenoxy) is 3. The second-order valence-corrected chi connectivity index (χ2v) is 16.5. The molecule has 0 rings (SSSR count). The third-order valence-electron chi connectivity index (χ3n) is 10.2. The minimum Gasteiger partial charge on any atom is -0.462 e.